The zero-order chi connectivity index (χ0) is 11.7. The van der Waals surface area contributed by atoms with Gasteiger partial charge in [0.25, 0.3) is 0 Å². The van der Waals surface area contributed by atoms with Crippen LogP contribution in [0.25, 0.3) is 0 Å². The highest BCUT2D eigenvalue weighted by Gasteiger charge is 2.47. The molecule has 6 atom stereocenters. The van der Waals surface area contributed by atoms with Gasteiger partial charge in [-0.3, -0.25) is 0 Å². The predicted molar refractivity (Wildman–Crippen MR) is 52.7 cm³/mol. The van der Waals surface area contributed by atoms with E-state index in [0.717, 1.165) is 0 Å². The van der Waals surface area contributed by atoms with Crippen molar-refractivity contribution in [1.29, 1.82) is 0 Å². The number of hydrogen-bond donors (Lipinski definition) is 4. The van der Waals surface area contributed by atoms with Crippen LogP contribution in [0.2, 0.25) is 0 Å². The van der Waals surface area contributed by atoms with E-state index in [1.807, 2.05) is 0 Å². The molecule has 2 saturated heterocycles. The quantitative estimate of drug-likeness (QED) is 0.449. The maximum Gasteiger partial charge on any atom is 0.103 e. The zero-order valence-electron chi connectivity index (χ0n) is 8.90. The van der Waals surface area contributed by atoms with Crippen LogP contribution in [-0.4, -0.2) is 70.3 Å². The fourth-order valence-electron chi connectivity index (χ4n) is 2.34. The molecule has 2 heterocycles. The molecule has 0 bridgehead atoms. The molecule has 2 rings (SSSR count). The number of aliphatic hydroxyl groups excluding tert-OH is 4. The van der Waals surface area contributed by atoms with Crippen LogP contribution in [0.1, 0.15) is 12.8 Å². The number of ether oxygens (including phenoxy) is 2. The summed E-state index contributed by atoms with van der Waals surface area (Å²) < 4.78 is 11.1. The number of rotatable bonds is 4. The van der Waals surface area contributed by atoms with Crippen molar-refractivity contribution in [3.05, 3.63) is 0 Å². The molecule has 2 fully saturated rings. The highest BCUT2D eigenvalue weighted by atomic mass is 16.6. The Hall–Kier alpha value is -0.240. The van der Waals surface area contributed by atoms with Gasteiger partial charge in [-0.25, -0.2) is 0 Å². The van der Waals surface area contributed by atoms with Crippen LogP contribution in [0.5, 0.6) is 0 Å². The number of hydrogen-bond acceptors (Lipinski definition) is 6. The number of aliphatic hydroxyl groups is 4. The van der Waals surface area contributed by atoms with Gasteiger partial charge < -0.3 is 29.9 Å². The summed E-state index contributed by atoms with van der Waals surface area (Å²) in [6.45, 7) is -0.653. The van der Waals surface area contributed by atoms with Crippen molar-refractivity contribution in [2.75, 3.05) is 13.2 Å². The van der Waals surface area contributed by atoms with E-state index in [0.29, 0.717) is 12.8 Å². The van der Waals surface area contributed by atoms with Gasteiger partial charge in [0.2, 0.25) is 0 Å². The first-order chi connectivity index (χ1) is 7.65. The summed E-state index contributed by atoms with van der Waals surface area (Å²) in [5.74, 6) is 0. The Morgan fingerprint density at radius 1 is 0.875 bits per heavy atom. The van der Waals surface area contributed by atoms with Gasteiger partial charge in [0, 0.05) is 12.8 Å². The highest BCUT2D eigenvalue weighted by molar-refractivity contribution is 4.94. The molecule has 0 radical (unpaired) electrons. The molecule has 0 aliphatic carbocycles. The molecular weight excluding hydrogens is 216 g/mol. The second-order valence-electron chi connectivity index (χ2n) is 4.40. The molecule has 0 aromatic rings. The molecule has 4 N–H and O–H groups in total. The van der Waals surface area contributed by atoms with E-state index in [9.17, 15) is 10.2 Å². The van der Waals surface area contributed by atoms with E-state index in [-0.39, 0.29) is 25.4 Å². The standard InChI is InChI=1S/C10H18O6/c11-3-5(13)7-1-9-10(15-7)2-8(16-9)6(14)4-12/h5-14H,1-4H2/t5-,6-,7-,8+,9-,10-/m1/s1. The molecule has 2 aliphatic rings. The van der Waals surface area contributed by atoms with Gasteiger partial charge in [-0.05, 0) is 0 Å². The lowest BCUT2D eigenvalue weighted by Crippen LogP contribution is -2.33. The van der Waals surface area contributed by atoms with Gasteiger partial charge in [0.1, 0.15) is 12.2 Å². The van der Waals surface area contributed by atoms with Crippen molar-refractivity contribution in [3.8, 4) is 0 Å². The summed E-state index contributed by atoms with van der Waals surface area (Å²) in [6.07, 6.45) is -1.83. The molecule has 0 saturated carbocycles. The maximum absolute atomic E-state index is 9.41. The lowest BCUT2D eigenvalue weighted by atomic mass is 10.1. The molecule has 2 aliphatic heterocycles. The SMILES string of the molecule is OC[C@@H](O)[C@@H]1C[C@H]2O[C@@H]([C@H](O)CO)C[C@H]2O1. The van der Waals surface area contributed by atoms with Crippen LogP contribution in [0.4, 0.5) is 0 Å². The van der Waals surface area contributed by atoms with Gasteiger partial charge in [-0.15, -0.1) is 0 Å². The van der Waals surface area contributed by atoms with Gasteiger partial charge in [-0.1, -0.05) is 0 Å². The fourth-order valence-corrected chi connectivity index (χ4v) is 2.34. The first-order valence-corrected chi connectivity index (χ1v) is 5.54. The van der Waals surface area contributed by atoms with E-state index in [2.05, 4.69) is 0 Å². The molecule has 6 heteroatoms. The third-order valence-electron chi connectivity index (χ3n) is 3.28. The molecular formula is C10H18O6. The van der Waals surface area contributed by atoms with Crippen molar-refractivity contribution < 1.29 is 29.9 Å². The highest BCUT2D eigenvalue weighted by Crippen LogP contribution is 2.36. The molecule has 94 valence electrons. The van der Waals surface area contributed by atoms with Crippen LogP contribution >= 0.6 is 0 Å². The Balaban J connectivity index is 1.86. The van der Waals surface area contributed by atoms with Gasteiger partial charge in [-0.2, -0.15) is 0 Å². The second-order valence-corrected chi connectivity index (χ2v) is 4.40. The summed E-state index contributed by atoms with van der Waals surface area (Å²) in [4.78, 5) is 0. The monoisotopic (exact) mass is 234 g/mol. The minimum atomic E-state index is -0.879. The van der Waals surface area contributed by atoms with E-state index in [1.54, 1.807) is 0 Å². The van der Waals surface area contributed by atoms with Crippen LogP contribution in [0, 0.1) is 0 Å². The molecule has 0 unspecified atom stereocenters. The summed E-state index contributed by atoms with van der Waals surface area (Å²) >= 11 is 0. The van der Waals surface area contributed by atoms with Crippen molar-refractivity contribution in [3.63, 3.8) is 0 Å². The molecule has 0 amide bonds. The van der Waals surface area contributed by atoms with Crippen molar-refractivity contribution >= 4 is 0 Å². The number of fused-ring (bicyclic) bond motifs is 1. The first kappa shape index (κ1) is 12.2. The van der Waals surface area contributed by atoms with Gasteiger partial charge >= 0.3 is 0 Å². The largest absolute Gasteiger partial charge is 0.394 e. The second kappa shape index (κ2) is 4.95. The summed E-state index contributed by atoms with van der Waals surface area (Å²) in [5, 5.41) is 36.4. The first-order valence-electron chi connectivity index (χ1n) is 5.54. The average Bonchev–Trinajstić information content (AvgIpc) is 2.84. The molecule has 0 spiro atoms. The molecule has 16 heavy (non-hydrogen) atoms. The van der Waals surface area contributed by atoms with E-state index < -0.39 is 24.4 Å². The maximum atomic E-state index is 9.41. The minimum Gasteiger partial charge on any atom is -0.394 e. The van der Waals surface area contributed by atoms with Crippen molar-refractivity contribution in [2.45, 2.75) is 49.5 Å². The molecule has 6 nitrogen and oxygen atoms in total. The smallest absolute Gasteiger partial charge is 0.103 e. The molecule has 0 aromatic carbocycles. The van der Waals surface area contributed by atoms with Crippen LogP contribution in [-0.2, 0) is 9.47 Å². The lowest BCUT2D eigenvalue weighted by Gasteiger charge is -2.20. The van der Waals surface area contributed by atoms with E-state index >= 15 is 0 Å². The lowest BCUT2D eigenvalue weighted by molar-refractivity contribution is -0.0664. The minimum absolute atomic E-state index is 0.155. The topological polar surface area (TPSA) is 99.4 Å². The third-order valence-corrected chi connectivity index (χ3v) is 3.28. The Kier molecular flexibility index (Phi) is 3.78. The summed E-state index contributed by atoms with van der Waals surface area (Å²) in [5.41, 5.74) is 0. The summed E-state index contributed by atoms with van der Waals surface area (Å²) in [6, 6.07) is 0. The van der Waals surface area contributed by atoms with Crippen molar-refractivity contribution in [1.82, 2.24) is 0 Å². The third kappa shape index (κ3) is 2.22. The Bertz CT molecular complexity index is 199. The Morgan fingerprint density at radius 3 is 1.56 bits per heavy atom. The fraction of sp³-hybridized carbons (Fsp3) is 1.00. The van der Waals surface area contributed by atoms with Gasteiger partial charge in [0.15, 0.2) is 0 Å². The van der Waals surface area contributed by atoms with Crippen LogP contribution < -0.4 is 0 Å². The Labute approximate surface area is 93.4 Å². The molecule has 0 aromatic heterocycles. The van der Waals surface area contributed by atoms with Crippen molar-refractivity contribution in [2.24, 2.45) is 0 Å². The Morgan fingerprint density at radius 2 is 1.25 bits per heavy atom. The van der Waals surface area contributed by atoms with Crippen LogP contribution in [0.3, 0.4) is 0 Å². The predicted octanol–water partition coefficient (Wildman–Crippen LogP) is -1.99. The average molecular weight is 234 g/mol. The normalized spacial score (nSPS) is 42.0. The van der Waals surface area contributed by atoms with Gasteiger partial charge in [0.05, 0.1) is 37.6 Å². The van der Waals surface area contributed by atoms with Crippen LogP contribution in [0.15, 0.2) is 0 Å². The zero-order valence-corrected chi connectivity index (χ0v) is 8.90. The van der Waals surface area contributed by atoms with E-state index in [4.69, 9.17) is 19.7 Å². The summed E-state index contributed by atoms with van der Waals surface area (Å²) in [7, 11) is 0. The van der Waals surface area contributed by atoms with E-state index in [1.165, 1.54) is 0 Å².